The van der Waals surface area contributed by atoms with Crippen molar-refractivity contribution in [3.8, 4) is 0 Å². The van der Waals surface area contributed by atoms with Crippen LogP contribution in [-0.4, -0.2) is 29.8 Å². The normalized spacial score (nSPS) is 15.7. The van der Waals surface area contributed by atoms with Crippen LogP contribution in [0, 0.1) is 5.92 Å². The van der Waals surface area contributed by atoms with E-state index in [0.717, 1.165) is 18.4 Å². The molecule has 0 aromatic heterocycles. The Morgan fingerprint density at radius 1 is 1.23 bits per heavy atom. The van der Waals surface area contributed by atoms with Gasteiger partial charge in [0.05, 0.1) is 10.0 Å². The summed E-state index contributed by atoms with van der Waals surface area (Å²) in [6.45, 7) is 3.62. The van der Waals surface area contributed by atoms with Gasteiger partial charge in [-0.05, 0) is 30.5 Å². The first-order valence-electron chi connectivity index (χ1n) is 7.50. The highest BCUT2D eigenvalue weighted by molar-refractivity contribution is 6.42. The lowest BCUT2D eigenvalue weighted by Crippen LogP contribution is -2.42. The second-order valence-corrected chi connectivity index (χ2v) is 6.29. The third-order valence-corrected chi connectivity index (χ3v) is 4.71. The van der Waals surface area contributed by atoms with Gasteiger partial charge < -0.3 is 10.2 Å². The minimum absolute atomic E-state index is 0.0244. The van der Waals surface area contributed by atoms with Gasteiger partial charge >= 0.3 is 0 Å². The van der Waals surface area contributed by atoms with Crippen LogP contribution in [0.4, 0.5) is 0 Å². The Morgan fingerprint density at radius 2 is 1.91 bits per heavy atom. The summed E-state index contributed by atoms with van der Waals surface area (Å²) in [6, 6.07) is 5.32. The highest BCUT2D eigenvalue weighted by Gasteiger charge is 2.26. The number of carbonyl (C=O) groups is 2. The van der Waals surface area contributed by atoms with E-state index < -0.39 is 0 Å². The van der Waals surface area contributed by atoms with E-state index >= 15 is 0 Å². The number of rotatable bonds is 4. The molecule has 4 nitrogen and oxygen atoms in total. The minimum Gasteiger partial charge on any atom is -0.352 e. The van der Waals surface area contributed by atoms with Crippen molar-refractivity contribution < 1.29 is 9.59 Å². The van der Waals surface area contributed by atoms with E-state index in [-0.39, 0.29) is 17.7 Å². The third kappa shape index (κ3) is 4.37. The maximum absolute atomic E-state index is 12.2. The summed E-state index contributed by atoms with van der Waals surface area (Å²) in [7, 11) is 0. The van der Waals surface area contributed by atoms with Crippen LogP contribution in [0.2, 0.25) is 10.0 Å². The molecule has 0 bridgehead atoms. The molecule has 6 heteroatoms. The van der Waals surface area contributed by atoms with E-state index in [9.17, 15) is 9.59 Å². The predicted molar refractivity (Wildman–Crippen MR) is 87.9 cm³/mol. The van der Waals surface area contributed by atoms with Crippen LogP contribution < -0.4 is 5.32 Å². The molecule has 0 atom stereocenters. The van der Waals surface area contributed by atoms with Gasteiger partial charge in [-0.3, -0.25) is 9.59 Å². The van der Waals surface area contributed by atoms with E-state index in [1.165, 1.54) is 0 Å². The largest absolute Gasteiger partial charge is 0.352 e. The molecule has 1 aliphatic heterocycles. The molecule has 2 rings (SSSR count). The molecule has 1 aromatic carbocycles. The van der Waals surface area contributed by atoms with Gasteiger partial charge in [0.15, 0.2) is 0 Å². The van der Waals surface area contributed by atoms with E-state index in [1.54, 1.807) is 12.1 Å². The topological polar surface area (TPSA) is 49.4 Å². The number of hydrogen-bond donors (Lipinski definition) is 1. The maximum Gasteiger partial charge on any atom is 0.223 e. The molecule has 1 saturated heterocycles. The first-order chi connectivity index (χ1) is 10.5. The van der Waals surface area contributed by atoms with Gasteiger partial charge in [0.25, 0.3) is 0 Å². The molecule has 0 saturated carbocycles. The minimum atomic E-state index is -0.0244. The Morgan fingerprint density at radius 3 is 2.50 bits per heavy atom. The van der Waals surface area contributed by atoms with Gasteiger partial charge in [0.2, 0.25) is 11.8 Å². The summed E-state index contributed by atoms with van der Waals surface area (Å²) < 4.78 is 0. The predicted octanol–water partition coefficient (Wildman–Crippen LogP) is 3.26. The quantitative estimate of drug-likeness (QED) is 0.912. The molecular formula is C16H20Cl2N2O2. The second kappa shape index (κ2) is 7.84. The number of amides is 2. The average Bonchev–Trinajstić information content (AvgIpc) is 2.55. The molecule has 0 radical (unpaired) electrons. The summed E-state index contributed by atoms with van der Waals surface area (Å²) in [5, 5.41) is 3.92. The molecule has 1 aliphatic rings. The molecule has 1 N–H and O–H groups in total. The summed E-state index contributed by atoms with van der Waals surface area (Å²) >= 11 is 11.8. The van der Waals surface area contributed by atoms with Gasteiger partial charge in [0, 0.05) is 32.0 Å². The fraction of sp³-hybridized carbons (Fsp3) is 0.500. The summed E-state index contributed by atoms with van der Waals surface area (Å²) in [5.41, 5.74) is 0.918. The van der Waals surface area contributed by atoms with Crippen molar-refractivity contribution in [2.45, 2.75) is 32.7 Å². The molecule has 22 heavy (non-hydrogen) atoms. The molecule has 0 aliphatic carbocycles. The van der Waals surface area contributed by atoms with E-state index in [1.807, 2.05) is 17.9 Å². The van der Waals surface area contributed by atoms with Crippen molar-refractivity contribution in [3.05, 3.63) is 33.8 Å². The Balaban J connectivity index is 1.81. The van der Waals surface area contributed by atoms with Crippen molar-refractivity contribution >= 4 is 35.0 Å². The molecular weight excluding hydrogens is 323 g/mol. The van der Waals surface area contributed by atoms with Crippen LogP contribution >= 0.6 is 23.2 Å². The van der Waals surface area contributed by atoms with Crippen LogP contribution in [0.15, 0.2) is 18.2 Å². The Hall–Kier alpha value is -1.26. The van der Waals surface area contributed by atoms with Gasteiger partial charge in [0.1, 0.15) is 0 Å². The molecule has 0 unspecified atom stereocenters. The van der Waals surface area contributed by atoms with Crippen molar-refractivity contribution in [1.82, 2.24) is 10.2 Å². The van der Waals surface area contributed by atoms with Crippen LogP contribution in [-0.2, 0) is 16.1 Å². The van der Waals surface area contributed by atoms with Gasteiger partial charge in [-0.1, -0.05) is 36.2 Å². The molecule has 0 spiro atoms. The molecule has 120 valence electrons. The van der Waals surface area contributed by atoms with Crippen molar-refractivity contribution in [3.63, 3.8) is 0 Å². The van der Waals surface area contributed by atoms with Crippen molar-refractivity contribution in [2.75, 3.05) is 13.1 Å². The van der Waals surface area contributed by atoms with E-state index in [4.69, 9.17) is 23.2 Å². The zero-order valence-electron chi connectivity index (χ0n) is 12.6. The number of carbonyl (C=O) groups excluding carboxylic acids is 2. The van der Waals surface area contributed by atoms with Crippen LogP contribution in [0.3, 0.4) is 0 Å². The molecule has 1 fully saturated rings. The van der Waals surface area contributed by atoms with Crippen molar-refractivity contribution in [2.24, 2.45) is 5.92 Å². The standard InChI is InChI=1S/C16H20Cl2N2O2/c1-2-15(21)20-7-5-12(6-8-20)16(22)19-10-11-3-4-13(17)14(18)9-11/h3-4,9,12H,2,5-8,10H2,1H3,(H,19,22). The number of nitrogens with zero attached hydrogens (tertiary/aromatic N) is 1. The SMILES string of the molecule is CCC(=O)N1CCC(C(=O)NCc2ccc(Cl)c(Cl)c2)CC1. The lowest BCUT2D eigenvalue weighted by Gasteiger charge is -2.31. The van der Waals surface area contributed by atoms with Gasteiger partial charge in [-0.15, -0.1) is 0 Å². The number of likely N-dealkylation sites (tertiary alicyclic amines) is 1. The van der Waals surface area contributed by atoms with Crippen LogP contribution in [0.1, 0.15) is 31.7 Å². The van der Waals surface area contributed by atoms with E-state index in [2.05, 4.69) is 5.32 Å². The highest BCUT2D eigenvalue weighted by atomic mass is 35.5. The first-order valence-corrected chi connectivity index (χ1v) is 8.26. The number of hydrogen-bond acceptors (Lipinski definition) is 2. The molecule has 1 heterocycles. The number of nitrogens with one attached hydrogen (secondary N) is 1. The lowest BCUT2D eigenvalue weighted by molar-refractivity contribution is -0.135. The van der Waals surface area contributed by atoms with Crippen molar-refractivity contribution in [1.29, 1.82) is 0 Å². The summed E-state index contributed by atoms with van der Waals surface area (Å²) in [4.78, 5) is 25.6. The van der Waals surface area contributed by atoms with Gasteiger partial charge in [-0.25, -0.2) is 0 Å². The molecule has 1 aromatic rings. The highest BCUT2D eigenvalue weighted by Crippen LogP contribution is 2.23. The summed E-state index contributed by atoms with van der Waals surface area (Å²) in [5.74, 6) is 0.174. The fourth-order valence-corrected chi connectivity index (χ4v) is 2.92. The van der Waals surface area contributed by atoms with E-state index in [0.29, 0.717) is 36.1 Å². The Bertz CT molecular complexity index is 555. The number of piperidine rings is 1. The number of halogens is 2. The average molecular weight is 343 g/mol. The number of benzene rings is 1. The zero-order valence-corrected chi connectivity index (χ0v) is 14.1. The molecule has 2 amide bonds. The smallest absolute Gasteiger partial charge is 0.223 e. The Labute approximate surface area is 140 Å². The Kier molecular flexibility index (Phi) is 6.09. The monoisotopic (exact) mass is 342 g/mol. The first kappa shape index (κ1) is 17.1. The lowest BCUT2D eigenvalue weighted by atomic mass is 9.95. The fourth-order valence-electron chi connectivity index (χ4n) is 2.60. The third-order valence-electron chi connectivity index (χ3n) is 3.97. The second-order valence-electron chi connectivity index (χ2n) is 5.47. The van der Waals surface area contributed by atoms with Gasteiger partial charge in [-0.2, -0.15) is 0 Å². The van der Waals surface area contributed by atoms with Crippen LogP contribution in [0.5, 0.6) is 0 Å². The maximum atomic E-state index is 12.2. The van der Waals surface area contributed by atoms with Crippen LogP contribution in [0.25, 0.3) is 0 Å². The summed E-state index contributed by atoms with van der Waals surface area (Å²) in [6.07, 6.45) is 1.96. The zero-order chi connectivity index (χ0) is 16.1.